The molecule has 0 aliphatic carbocycles. The molecule has 1 aliphatic heterocycles. The first-order valence-corrected chi connectivity index (χ1v) is 6.78. The van der Waals surface area contributed by atoms with Gasteiger partial charge in [0, 0.05) is 45.5 Å². The minimum atomic E-state index is 0.0461. The highest BCUT2D eigenvalue weighted by Crippen LogP contribution is 2.11. The Bertz CT molecular complexity index is 420. The molecule has 0 bridgehead atoms. The minimum absolute atomic E-state index is 0.0461. The van der Waals surface area contributed by atoms with Crippen molar-refractivity contribution in [2.24, 2.45) is 7.05 Å². The lowest BCUT2D eigenvalue weighted by molar-refractivity contribution is 0.0472. The fourth-order valence-electron chi connectivity index (χ4n) is 2.51. The molecule has 1 N–H and O–H groups in total. The Kier molecular flexibility index (Phi) is 4.55. The monoisotopic (exact) mass is 266 g/mol. The Morgan fingerprint density at radius 3 is 2.58 bits per heavy atom. The summed E-state index contributed by atoms with van der Waals surface area (Å²) in [6.45, 7) is 5.34. The van der Waals surface area contributed by atoms with Gasteiger partial charge in [0.15, 0.2) is 0 Å². The van der Waals surface area contributed by atoms with Gasteiger partial charge in [-0.15, -0.1) is 0 Å². The van der Waals surface area contributed by atoms with Crippen molar-refractivity contribution in [2.75, 3.05) is 32.8 Å². The first-order valence-electron chi connectivity index (χ1n) is 6.78. The Hall–Kier alpha value is -1.40. The molecule has 0 saturated carbocycles. The van der Waals surface area contributed by atoms with Gasteiger partial charge >= 0.3 is 0 Å². The van der Waals surface area contributed by atoms with Gasteiger partial charge in [-0.2, -0.15) is 5.10 Å². The summed E-state index contributed by atoms with van der Waals surface area (Å²) >= 11 is 0. The molecule has 0 aromatic carbocycles. The molecular weight excluding hydrogens is 244 g/mol. The zero-order chi connectivity index (χ0) is 13.8. The van der Waals surface area contributed by atoms with E-state index in [1.807, 2.05) is 11.9 Å². The molecule has 1 amide bonds. The van der Waals surface area contributed by atoms with E-state index in [0.29, 0.717) is 18.7 Å². The fourth-order valence-corrected chi connectivity index (χ4v) is 2.51. The van der Waals surface area contributed by atoms with Crippen LogP contribution >= 0.6 is 0 Å². The summed E-state index contributed by atoms with van der Waals surface area (Å²) < 4.78 is 1.64. The Morgan fingerprint density at radius 2 is 2.11 bits per heavy atom. The van der Waals surface area contributed by atoms with Gasteiger partial charge in [0.25, 0.3) is 5.91 Å². The summed E-state index contributed by atoms with van der Waals surface area (Å²) in [7, 11) is 1.81. The van der Waals surface area contributed by atoms with Gasteiger partial charge in [0.2, 0.25) is 0 Å². The molecule has 1 aliphatic rings. The molecule has 6 nitrogen and oxygen atoms in total. The average molecular weight is 266 g/mol. The van der Waals surface area contributed by atoms with Crippen LogP contribution in [0.4, 0.5) is 0 Å². The maximum atomic E-state index is 12.2. The zero-order valence-electron chi connectivity index (χ0n) is 11.6. The smallest absolute Gasteiger partial charge is 0.257 e. The van der Waals surface area contributed by atoms with Gasteiger partial charge in [0.1, 0.15) is 0 Å². The number of hydrogen-bond acceptors (Lipinski definition) is 4. The lowest BCUT2D eigenvalue weighted by atomic mass is 10.1. The number of rotatable bonds is 4. The highest BCUT2D eigenvalue weighted by atomic mass is 16.3. The largest absolute Gasteiger partial charge is 0.395 e. The Morgan fingerprint density at radius 1 is 1.42 bits per heavy atom. The van der Waals surface area contributed by atoms with Crippen molar-refractivity contribution in [1.82, 2.24) is 19.6 Å². The predicted octanol–water partition coefficient (Wildman–Crippen LogP) is -0.0512. The maximum absolute atomic E-state index is 12.2. The van der Waals surface area contributed by atoms with Crippen LogP contribution in [0.2, 0.25) is 0 Å². The number of carbonyl (C=O) groups is 1. The predicted molar refractivity (Wildman–Crippen MR) is 71.8 cm³/mol. The molecule has 1 unspecified atom stereocenters. The number of nitrogens with zero attached hydrogens (tertiary/aromatic N) is 4. The van der Waals surface area contributed by atoms with Crippen molar-refractivity contribution in [3.05, 3.63) is 18.0 Å². The lowest BCUT2D eigenvalue weighted by Crippen LogP contribution is -2.52. The Labute approximate surface area is 113 Å². The van der Waals surface area contributed by atoms with E-state index in [2.05, 4.69) is 16.9 Å². The van der Waals surface area contributed by atoms with Crippen LogP contribution in [0.25, 0.3) is 0 Å². The summed E-state index contributed by atoms with van der Waals surface area (Å²) in [5.74, 6) is 0.0461. The molecule has 0 spiro atoms. The van der Waals surface area contributed by atoms with Crippen LogP contribution in [0.15, 0.2) is 12.4 Å². The molecule has 1 atom stereocenters. The van der Waals surface area contributed by atoms with Crippen molar-refractivity contribution in [2.45, 2.75) is 19.4 Å². The third-order valence-corrected chi connectivity index (χ3v) is 3.75. The molecule has 2 heterocycles. The third kappa shape index (κ3) is 3.13. The minimum Gasteiger partial charge on any atom is -0.395 e. The third-order valence-electron chi connectivity index (χ3n) is 3.75. The van der Waals surface area contributed by atoms with Crippen LogP contribution in [0, 0.1) is 0 Å². The standard InChI is InChI=1S/C13H22N4O2/c1-3-12(10-18)16-4-6-17(7-5-16)13(19)11-8-14-15(2)9-11/h8-9,12,18H,3-7,10H2,1-2H3. The summed E-state index contributed by atoms with van der Waals surface area (Å²) in [6.07, 6.45) is 4.29. The van der Waals surface area contributed by atoms with E-state index in [1.165, 1.54) is 0 Å². The van der Waals surface area contributed by atoms with E-state index >= 15 is 0 Å². The first-order chi connectivity index (χ1) is 9.15. The van der Waals surface area contributed by atoms with E-state index in [0.717, 1.165) is 19.5 Å². The van der Waals surface area contributed by atoms with Crippen LogP contribution in [0.3, 0.4) is 0 Å². The van der Waals surface area contributed by atoms with Crippen molar-refractivity contribution in [1.29, 1.82) is 0 Å². The van der Waals surface area contributed by atoms with Crippen LogP contribution in [-0.4, -0.2) is 69.4 Å². The summed E-state index contributed by atoms with van der Waals surface area (Å²) in [5, 5.41) is 13.3. The molecule has 19 heavy (non-hydrogen) atoms. The van der Waals surface area contributed by atoms with Gasteiger partial charge in [-0.3, -0.25) is 14.4 Å². The summed E-state index contributed by atoms with van der Waals surface area (Å²) in [4.78, 5) is 16.3. The van der Waals surface area contributed by atoms with Gasteiger partial charge in [-0.05, 0) is 6.42 Å². The van der Waals surface area contributed by atoms with E-state index in [-0.39, 0.29) is 18.6 Å². The van der Waals surface area contributed by atoms with E-state index in [4.69, 9.17) is 0 Å². The molecule has 6 heteroatoms. The summed E-state index contributed by atoms with van der Waals surface area (Å²) in [6, 6.07) is 0.218. The maximum Gasteiger partial charge on any atom is 0.257 e. The Balaban J connectivity index is 1.91. The average Bonchev–Trinajstić information content (AvgIpc) is 2.87. The van der Waals surface area contributed by atoms with E-state index in [1.54, 1.807) is 17.1 Å². The van der Waals surface area contributed by atoms with Crippen LogP contribution in [0.1, 0.15) is 23.7 Å². The van der Waals surface area contributed by atoms with Crippen LogP contribution in [0.5, 0.6) is 0 Å². The van der Waals surface area contributed by atoms with Gasteiger partial charge in [0.05, 0.1) is 18.4 Å². The highest BCUT2D eigenvalue weighted by Gasteiger charge is 2.25. The normalized spacial score (nSPS) is 18.6. The van der Waals surface area contributed by atoms with Crippen molar-refractivity contribution in [3.63, 3.8) is 0 Å². The lowest BCUT2D eigenvalue weighted by Gasteiger charge is -2.38. The number of amides is 1. The number of carbonyl (C=O) groups excluding carboxylic acids is 1. The second kappa shape index (κ2) is 6.16. The number of piperazine rings is 1. The molecule has 1 aromatic heterocycles. The number of aromatic nitrogens is 2. The first kappa shape index (κ1) is 14.0. The quantitative estimate of drug-likeness (QED) is 0.830. The molecular formula is C13H22N4O2. The fraction of sp³-hybridized carbons (Fsp3) is 0.692. The number of aliphatic hydroxyl groups excluding tert-OH is 1. The van der Waals surface area contributed by atoms with Crippen molar-refractivity contribution in [3.8, 4) is 0 Å². The number of hydrogen-bond donors (Lipinski definition) is 1. The second-order valence-corrected chi connectivity index (χ2v) is 4.98. The topological polar surface area (TPSA) is 61.6 Å². The number of aliphatic hydroxyl groups is 1. The van der Waals surface area contributed by atoms with Gasteiger partial charge < -0.3 is 10.0 Å². The van der Waals surface area contributed by atoms with Crippen LogP contribution in [-0.2, 0) is 7.05 Å². The zero-order valence-corrected chi connectivity index (χ0v) is 11.6. The SMILES string of the molecule is CCC(CO)N1CCN(C(=O)c2cnn(C)c2)CC1. The van der Waals surface area contributed by atoms with Crippen molar-refractivity contribution >= 4 is 5.91 Å². The highest BCUT2D eigenvalue weighted by molar-refractivity contribution is 5.93. The molecule has 2 rings (SSSR count). The van der Waals surface area contributed by atoms with Crippen LogP contribution < -0.4 is 0 Å². The second-order valence-electron chi connectivity index (χ2n) is 4.98. The molecule has 1 saturated heterocycles. The van der Waals surface area contributed by atoms with E-state index < -0.39 is 0 Å². The van der Waals surface area contributed by atoms with Gasteiger partial charge in [-0.1, -0.05) is 6.92 Å². The van der Waals surface area contributed by atoms with E-state index in [9.17, 15) is 9.90 Å². The summed E-state index contributed by atoms with van der Waals surface area (Å²) in [5.41, 5.74) is 0.644. The van der Waals surface area contributed by atoms with Gasteiger partial charge in [-0.25, -0.2) is 0 Å². The molecule has 1 aromatic rings. The molecule has 1 fully saturated rings. The number of aryl methyl sites for hydroxylation is 1. The van der Waals surface area contributed by atoms with Crippen molar-refractivity contribution < 1.29 is 9.90 Å². The molecule has 0 radical (unpaired) electrons. The molecule has 106 valence electrons.